The van der Waals surface area contributed by atoms with E-state index in [-0.39, 0.29) is 34.7 Å². The van der Waals surface area contributed by atoms with Crippen molar-refractivity contribution >= 4 is 38.1 Å². The highest BCUT2D eigenvalue weighted by Gasteiger charge is 2.31. The topological polar surface area (TPSA) is 136 Å². The number of nitrogen functional groups attached to an aromatic ring is 1. The maximum atomic E-state index is 14.1. The molecule has 14 heteroatoms. The van der Waals surface area contributed by atoms with Gasteiger partial charge in [-0.3, -0.25) is 9.78 Å². The number of rotatable bonds is 7. The first-order valence-electron chi connectivity index (χ1n) is 11.6. The zero-order chi connectivity index (χ0) is 27.0. The Labute approximate surface area is 221 Å². The number of nitrogens with zero attached hydrogens (tertiary/aromatic N) is 5. The van der Waals surface area contributed by atoms with Gasteiger partial charge in [-0.25, -0.2) is 27.2 Å². The summed E-state index contributed by atoms with van der Waals surface area (Å²) in [4.78, 5) is 25.4. The van der Waals surface area contributed by atoms with Crippen LogP contribution in [0, 0.1) is 11.6 Å². The van der Waals surface area contributed by atoms with E-state index in [1.54, 1.807) is 23.0 Å². The number of imidazole rings is 1. The fourth-order valence-corrected chi connectivity index (χ4v) is 6.55. The van der Waals surface area contributed by atoms with Gasteiger partial charge in [0.05, 0.1) is 5.56 Å². The van der Waals surface area contributed by atoms with Crippen molar-refractivity contribution in [1.82, 2.24) is 23.8 Å². The third-order valence-corrected chi connectivity index (χ3v) is 9.14. The van der Waals surface area contributed by atoms with Crippen molar-refractivity contribution in [2.75, 3.05) is 24.1 Å². The van der Waals surface area contributed by atoms with Crippen molar-refractivity contribution in [3.8, 4) is 11.5 Å². The predicted octanol–water partition coefficient (Wildman–Crippen LogP) is 3.30. The molecular formula is C24H23F2N7O3S2. The quantitative estimate of drug-likeness (QED) is 0.329. The molecule has 0 unspecified atom stereocenters. The van der Waals surface area contributed by atoms with E-state index >= 15 is 0 Å². The summed E-state index contributed by atoms with van der Waals surface area (Å²) in [6, 6.07) is 6.18. The lowest BCUT2D eigenvalue weighted by molar-refractivity contribution is 0.103. The molecule has 5 rings (SSSR count). The fourth-order valence-electron chi connectivity index (χ4n) is 4.23. The summed E-state index contributed by atoms with van der Waals surface area (Å²) in [6.45, 7) is 0.516. The number of benzene rings is 1. The van der Waals surface area contributed by atoms with E-state index in [1.165, 1.54) is 22.6 Å². The number of hydrogen-bond donors (Lipinski definition) is 2. The van der Waals surface area contributed by atoms with Crippen molar-refractivity contribution in [2.24, 2.45) is 7.05 Å². The molecule has 0 saturated carbocycles. The number of nitrogens with one attached hydrogen (secondary N) is 1. The number of sulfonamides is 1. The molecule has 38 heavy (non-hydrogen) atoms. The molecular weight excluding hydrogens is 536 g/mol. The number of aryl methyl sites for hydroxylation is 1. The van der Waals surface area contributed by atoms with Crippen LogP contribution in [-0.2, 0) is 17.1 Å². The van der Waals surface area contributed by atoms with Crippen molar-refractivity contribution in [1.29, 1.82) is 0 Å². The Morgan fingerprint density at radius 3 is 2.45 bits per heavy atom. The Bertz CT molecular complexity index is 1580. The van der Waals surface area contributed by atoms with Crippen LogP contribution in [0.4, 0.5) is 19.7 Å². The molecule has 4 aromatic rings. The van der Waals surface area contributed by atoms with Gasteiger partial charge in [0.15, 0.2) is 11.0 Å². The molecule has 1 aliphatic heterocycles. The number of hydrogen-bond acceptors (Lipinski definition) is 9. The van der Waals surface area contributed by atoms with Gasteiger partial charge in [-0.05, 0) is 37.1 Å². The average molecular weight is 560 g/mol. The van der Waals surface area contributed by atoms with Gasteiger partial charge in [0, 0.05) is 44.8 Å². The Morgan fingerprint density at radius 1 is 1.13 bits per heavy atom. The lowest BCUT2D eigenvalue weighted by Crippen LogP contribution is -2.42. The second-order valence-corrected chi connectivity index (χ2v) is 11.7. The van der Waals surface area contributed by atoms with Gasteiger partial charge in [-0.1, -0.05) is 17.4 Å². The number of ketones is 1. The molecule has 0 spiro atoms. The van der Waals surface area contributed by atoms with Gasteiger partial charge in [0.25, 0.3) is 0 Å². The Balaban J connectivity index is 1.23. The molecule has 1 saturated heterocycles. The molecule has 0 aliphatic carbocycles. The highest BCUT2D eigenvalue weighted by atomic mass is 32.2. The number of piperidine rings is 1. The Hall–Kier alpha value is -3.75. The number of thiazole rings is 1. The maximum absolute atomic E-state index is 14.1. The van der Waals surface area contributed by atoms with E-state index in [9.17, 15) is 22.0 Å². The van der Waals surface area contributed by atoms with Crippen LogP contribution in [0.25, 0.3) is 11.5 Å². The molecule has 3 N–H and O–H groups in total. The average Bonchev–Trinajstić information content (AvgIpc) is 3.49. The Morgan fingerprint density at radius 2 is 1.84 bits per heavy atom. The van der Waals surface area contributed by atoms with Gasteiger partial charge in [0.2, 0.25) is 15.8 Å². The second-order valence-electron chi connectivity index (χ2n) is 8.72. The van der Waals surface area contributed by atoms with Crippen LogP contribution in [0.2, 0.25) is 0 Å². The minimum absolute atomic E-state index is 0.0713. The van der Waals surface area contributed by atoms with Crippen LogP contribution in [0.1, 0.15) is 28.1 Å². The highest BCUT2D eigenvalue weighted by molar-refractivity contribution is 7.89. The lowest BCUT2D eigenvalue weighted by atomic mass is 10.1. The molecule has 198 valence electrons. The number of carbonyl (C=O) groups is 1. The minimum Gasteiger partial charge on any atom is -0.382 e. The summed E-state index contributed by atoms with van der Waals surface area (Å²) in [6.07, 6.45) is 5.70. The number of carbonyl (C=O) groups excluding carboxylic acids is 1. The first-order valence-corrected chi connectivity index (χ1v) is 13.9. The van der Waals surface area contributed by atoms with Crippen molar-refractivity contribution in [3.05, 3.63) is 71.0 Å². The number of halogens is 2. The third-order valence-electron chi connectivity index (χ3n) is 6.26. The molecule has 1 fully saturated rings. The summed E-state index contributed by atoms with van der Waals surface area (Å²) < 4.78 is 57.6. The molecule has 1 aromatic carbocycles. The minimum atomic E-state index is -3.74. The summed E-state index contributed by atoms with van der Waals surface area (Å²) >= 11 is 0.901. The largest absolute Gasteiger partial charge is 0.382 e. The highest BCUT2D eigenvalue weighted by Crippen LogP contribution is 2.31. The number of pyridine rings is 1. The van der Waals surface area contributed by atoms with Gasteiger partial charge in [-0.15, -0.1) is 0 Å². The van der Waals surface area contributed by atoms with Crippen LogP contribution in [0.3, 0.4) is 0 Å². The lowest BCUT2D eigenvalue weighted by Gasteiger charge is -2.31. The number of anilines is 2. The van der Waals surface area contributed by atoms with E-state index in [0.717, 1.165) is 23.5 Å². The first kappa shape index (κ1) is 25.9. The van der Waals surface area contributed by atoms with Gasteiger partial charge < -0.3 is 15.6 Å². The van der Waals surface area contributed by atoms with Crippen LogP contribution in [-0.4, -0.2) is 57.2 Å². The monoisotopic (exact) mass is 559 g/mol. The van der Waals surface area contributed by atoms with Gasteiger partial charge in [0.1, 0.15) is 32.9 Å². The summed E-state index contributed by atoms with van der Waals surface area (Å²) in [5.41, 5.74) is 5.76. The Kier molecular flexibility index (Phi) is 6.94. The predicted molar refractivity (Wildman–Crippen MR) is 138 cm³/mol. The van der Waals surface area contributed by atoms with E-state index < -0.39 is 33.0 Å². The second kappa shape index (κ2) is 10.2. The van der Waals surface area contributed by atoms with Gasteiger partial charge >= 0.3 is 0 Å². The molecule has 0 bridgehead atoms. The van der Waals surface area contributed by atoms with E-state index in [1.807, 2.05) is 7.05 Å². The molecule has 0 radical (unpaired) electrons. The van der Waals surface area contributed by atoms with Crippen LogP contribution in [0.15, 0.2) is 53.8 Å². The normalized spacial score (nSPS) is 15.0. The molecule has 0 amide bonds. The van der Waals surface area contributed by atoms with Crippen LogP contribution < -0.4 is 11.1 Å². The fraction of sp³-hybridized carbons (Fsp3) is 0.250. The zero-order valence-corrected chi connectivity index (χ0v) is 21.8. The molecule has 0 atom stereocenters. The maximum Gasteiger partial charge on any atom is 0.244 e. The summed E-state index contributed by atoms with van der Waals surface area (Å²) in [5.74, 6) is -2.34. The molecule has 4 heterocycles. The number of nitrogens with two attached hydrogens (primary N) is 1. The van der Waals surface area contributed by atoms with E-state index in [0.29, 0.717) is 29.5 Å². The third kappa shape index (κ3) is 4.89. The van der Waals surface area contributed by atoms with Crippen LogP contribution >= 0.6 is 11.3 Å². The SMILES string of the molecule is Cn1ccnc1-c1ccc(S(=O)(=O)N2CCC(Nc3nc(N)c(C(=O)c4c(F)cccc4F)s3)CC2)cn1. The van der Waals surface area contributed by atoms with Gasteiger partial charge in [-0.2, -0.15) is 4.31 Å². The molecule has 3 aromatic heterocycles. The first-order chi connectivity index (χ1) is 18.1. The number of aromatic nitrogens is 4. The molecule has 1 aliphatic rings. The summed E-state index contributed by atoms with van der Waals surface area (Å²) in [5, 5.41) is 3.48. The van der Waals surface area contributed by atoms with Crippen LogP contribution in [0.5, 0.6) is 0 Å². The van der Waals surface area contributed by atoms with Crippen molar-refractivity contribution in [3.63, 3.8) is 0 Å². The zero-order valence-electron chi connectivity index (χ0n) is 20.1. The summed E-state index contributed by atoms with van der Waals surface area (Å²) in [7, 11) is -1.91. The van der Waals surface area contributed by atoms with E-state index in [4.69, 9.17) is 5.73 Å². The standard InChI is InChI=1S/C24H23F2N7O3S2/c1-32-12-9-28-23(32)18-6-5-15(13-29-18)38(35,36)33-10-7-14(8-11-33)30-24-31-22(27)21(37-24)20(34)19-16(25)3-2-4-17(19)26/h2-6,9,12-14H,7-8,10-11,27H2,1H3,(H,30,31). The van der Waals surface area contributed by atoms with Crippen molar-refractivity contribution in [2.45, 2.75) is 23.8 Å². The smallest absolute Gasteiger partial charge is 0.244 e. The molecule has 10 nitrogen and oxygen atoms in total. The van der Waals surface area contributed by atoms with Crippen molar-refractivity contribution < 1.29 is 22.0 Å². The van der Waals surface area contributed by atoms with E-state index in [2.05, 4.69) is 20.3 Å².